The summed E-state index contributed by atoms with van der Waals surface area (Å²) >= 11 is 1.98. The highest BCUT2D eigenvalue weighted by molar-refractivity contribution is 14.1. The van der Waals surface area contributed by atoms with E-state index in [1.165, 1.54) is 31.0 Å². The molecule has 18 heavy (non-hydrogen) atoms. The van der Waals surface area contributed by atoms with Crippen LogP contribution in [-0.2, 0) is 0 Å². The summed E-state index contributed by atoms with van der Waals surface area (Å²) in [4.78, 5) is 11.9. The topological polar surface area (TPSA) is 41.1 Å². The molecule has 1 aromatic rings. The maximum absolute atomic E-state index is 12.9. The van der Waals surface area contributed by atoms with E-state index in [0.29, 0.717) is 21.7 Å². The van der Waals surface area contributed by atoms with Crippen molar-refractivity contribution >= 4 is 28.5 Å². The summed E-state index contributed by atoms with van der Waals surface area (Å²) in [5.74, 6) is -0.441. The summed E-state index contributed by atoms with van der Waals surface area (Å²) in [6, 6.07) is 4.74. The van der Waals surface area contributed by atoms with Gasteiger partial charge in [0.1, 0.15) is 5.82 Å². The normalized spacial score (nSPS) is 18.9. The summed E-state index contributed by atoms with van der Waals surface area (Å²) in [6.07, 6.45) is 3.35. The SMILES string of the molecule is O=C(NCCC1CCCN1)c1ccc(F)cc1I. The Morgan fingerprint density at radius 1 is 1.56 bits per heavy atom. The first-order chi connectivity index (χ1) is 8.66. The lowest BCUT2D eigenvalue weighted by atomic mass is 10.1. The number of amides is 1. The maximum Gasteiger partial charge on any atom is 0.252 e. The quantitative estimate of drug-likeness (QED) is 0.808. The predicted molar refractivity (Wildman–Crippen MR) is 77.1 cm³/mol. The van der Waals surface area contributed by atoms with Crippen LogP contribution in [0, 0.1) is 9.39 Å². The first-order valence-electron chi connectivity index (χ1n) is 6.13. The second kappa shape index (κ2) is 6.47. The van der Waals surface area contributed by atoms with Gasteiger partial charge in [0, 0.05) is 16.2 Å². The maximum atomic E-state index is 12.9. The molecule has 1 saturated heterocycles. The Balaban J connectivity index is 1.83. The van der Waals surface area contributed by atoms with E-state index < -0.39 is 0 Å². The van der Waals surface area contributed by atoms with Gasteiger partial charge in [-0.3, -0.25) is 4.79 Å². The van der Waals surface area contributed by atoms with Gasteiger partial charge in [0.15, 0.2) is 0 Å². The van der Waals surface area contributed by atoms with Crippen molar-refractivity contribution in [2.24, 2.45) is 0 Å². The van der Waals surface area contributed by atoms with Gasteiger partial charge in [0.25, 0.3) is 5.91 Å². The van der Waals surface area contributed by atoms with Gasteiger partial charge >= 0.3 is 0 Å². The standard InChI is InChI=1S/C13H16FIN2O/c14-9-3-4-11(12(15)8-9)13(18)17-7-5-10-2-1-6-16-10/h3-4,8,10,16H,1-2,5-7H2,(H,17,18). The Hall–Kier alpha value is -0.690. The molecule has 5 heteroatoms. The lowest BCUT2D eigenvalue weighted by molar-refractivity contribution is 0.0951. The monoisotopic (exact) mass is 362 g/mol. The molecule has 1 heterocycles. The molecule has 0 bridgehead atoms. The van der Waals surface area contributed by atoms with E-state index >= 15 is 0 Å². The minimum atomic E-state index is -0.314. The number of nitrogens with one attached hydrogen (secondary N) is 2. The predicted octanol–water partition coefficient (Wildman–Crippen LogP) is 2.30. The van der Waals surface area contributed by atoms with Crippen LogP contribution in [0.4, 0.5) is 4.39 Å². The summed E-state index contributed by atoms with van der Waals surface area (Å²) in [7, 11) is 0. The van der Waals surface area contributed by atoms with Gasteiger partial charge in [-0.05, 0) is 66.6 Å². The fourth-order valence-electron chi connectivity index (χ4n) is 2.13. The first-order valence-corrected chi connectivity index (χ1v) is 7.21. The number of carbonyl (C=O) groups is 1. The lowest BCUT2D eigenvalue weighted by Gasteiger charge is -2.11. The van der Waals surface area contributed by atoms with E-state index in [4.69, 9.17) is 0 Å². The number of rotatable bonds is 4. The molecular formula is C13H16FIN2O. The van der Waals surface area contributed by atoms with Crippen LogP contribution in [0.5, 0.6) is 0 Å². The number of benzene rings is 1. The minimum Gasteiger partial charge on any atom is -0.352 e. The molecule has 1 aliphatic rings. The number of hydrogen-bond acceptors (Lipinski definition) is 2. The van der Waals surface area contributed by atoms with Crippen molar-refractivity contribution in [1.82, 2.24) is 10.6 Å². The highest BCUT2D eigenvalue weighted by Crippen LogP contribution is 2.14. The summed E-state index contributed by atoms with van der Waals surface area (Å²) in [6.45, 7) is 1.73. The highest BCUT2D eigenvalue weighted by atomic mass is 127. The molecule has 1 amide bonds. The molecule has 1 unspecified atom stereocenters. The van der Waals surface area contributed by atoms with Crippen molar-refractivity contribution in [2.45, 2.75) is 25.3 Å². The van der Waals surface area contributed by atoms with Crippen LogP contribution in [0.2, 0.25) is 0 Å². The average molecular weight is 362 g/mol. The zero-order valence-electron chi connectivity index (χ0n) is 10.0. The van der Waals surface area contributed by atoms with E-state index in [1.54, 1.807) is 0 Å². The van der Waals surface area contributed by atoms with Gasteiger partial charge in [0.2, 0.25) is 0 Å². The van der Waals surface area contributed by atoms with E-state index in [1.807, 2.05) is 22.6 Å². The second-order valence-electron chi connectivity index (χ2n) is 4.46. The van der Waals surface area contributed by atoms with Crippen LogP contribution in [0.25, 0.3) is 0 Å². The van der Waals surface area contributed by atoms with Gasteiger partial charge in [-0.15, -0.1) is 0 Å². The molecule has 0 spiro atoms. The van der Waals surface area contributed by atoms with Crippen LogP contribution in [0.1, 0.15) is 29.6 Å². The van der Waals surface area contributed by atoms with Crippen molar-refractivity contribution in [2.75, 3.05) is 13.1 Å². The van der Waals surface area contributed by atoms with Crippen LogP contribution < -0.4 is 10.6 Å². The third kappa shape index (κ3) is 3.65. The van der Waals surface area contributed by atoms with Gasteiger partial charge in [-0.1, -0.05) is 0 Å². The van der Waals surface area contributed by atoms with Crippen LogP contribution in [0.15, 0.2) is 18.2 Å². The number of halogens is 2. The Kier molecular flexibility index (Phi) is 4.94. The first kappa shape index (κ1) is 13.7. The van der Waals surface area contributed by atoms with Crippen molar-refractivity contribution in [1.29, 1.82) is 0 Å². The van der Waals surface area contributed by atoms with E-state index in [2.05, 4.69) is 10.6 Å². The third-order valence-electron chi connectivity index (χ3n) is 3.12. The molecule has 3 nitrogen and oxygen atoms in total. The second-order valence-corrected chi connectivity index (χ2v) is 5.62. The van der Waals surface area contributed by atoms with Crippen LogP contribution >= 0.6 is 22.6 Å². The molecule has 1 atom stereocenters. The smallest absolute Gasteiger partial charge is 0.252 e. The van der Waals surface area contributed by atoms with Gasteiger partial charge in [-0.25, -0.2) is 4.39 Å². The van der Waals surface area contributed by atoms with Crippen molar-refractivity contribution < 1.29 is 9.18 Å². The molecule has 1 aromatic carbocycles. The zero-order valence-corrected chi connectivity index (χ0v) is 12.2. The van der Waals surface area contributed by atoms with Crippen LogP contribution in [0.3, 0.4) is 0 Å². The number of carbonyl (C=O) groups excluding carboxylic acids is 1. The summed E-state index contributed by atoms with van der Waals surface area (Å²) in [5.41, 5.74) is 0.538. The Bertz CT molecular complexity index is 433. The fraction of sp³-hybridized carbons (Fsp3) is 0.462. The van der Waals surface area contributed by atoms with Crippen molar-refractivity contribution in [3.63, 3.8) is 0 Å². The lowest BCUT2D eigenvalue weighted by Crippen LogP contribution is -2.30. The Morgan fingerprint density at radius 3 is 3.06 bits per heavy atom. The molecule has 0 aliphatic carbocycles. The highest BCUT2D eigenvalue weighted by Gasteiger charge is 2.15. The Morgan fingerprint density at radius 2 is 2.39 bits per heavy atom. The van der Waals surface area contributed by atoms with Gasteiger partial charge in [-0.2, -0.15) is 0 Å². The molecule has 0 saturated carbocycles. The molecule has 2 N–H and O–H groups in total. The number of hydrogen-bond donors (Lipinski definition) is 2. The fourth-order valence-corrected chi connectivity index (χ4v) is 2.85. The van der Waals surface area contributed by atoms with Crippen molar-refractivity contribution in [3.05, 3.63) is 33.1 Å². The molecule has 0 aromatic heterocycles. The summed E-state index contributed by atoms with van der Waals surface area (Å²) < 4.78 is 13.6. The van der Waals surface area contributed by atoms with E-state index in [-0.39, 0.29) is 11.7 Å². The molecule has 98 valence electrons. The molecule has 0 radical (unpaired) electrons. The minimum absolute atomic E-state index is 0.127. The zero-order chi connectivity index (χ0) is 13.0. The molecule has 1 aliphatic heterocycles. The van der Waals surface area contributed by atoms with Crippen LogP contribution in [-0.4, -0.2) is 25.0 Å². The molecule has 1 fully saturated rings. The molecule has 2 rings (SSSR count). The van der Waals surface area contributed by atoms with Gasteiger partial charge in [0.05, 0.1) is 5.56 Å². The van der Waals surface area contributed by atoms with Gasteiger partial charge < -0.3 is 10.6 Å². The third-order valence-corrected chi connectivity index (χ3v) is 4.01. The molecular weight excluding hydrogens is 346 g/mol. The largest absolute Gasteiger partial charge is 0.352 e. The Labute approximate surface area is 120 Å². The van der Waals surface area contributed by atoms with E-state index in [0.717, 1.165) is 13.0 Å². The van der Waals surface area contributed by atoms with E-state index in [9.17, 15) is 9.18 Å². The summed E-state index contributed by atoms with van der Waals surface area (Å²) in [5, 5.41) is 6.27. The average Bonchev–Trinajstić information content (AvgIpc) is 2.81. The van der Waals surface area contributed by atoms with Crippen molar-refractivity contribution in [3.8, 4) is 0 Å².